The van der Waals surface area contributed by atoms with Crippen LogP contribution in [0.2, 0.25) is 0 Å². The summed E-state index contributed by atoms with van der Waals surface area (Å²) in [6.45, 7) is 0. The molecule has 2 rings (SSSR count). The maximum absolute atomic E-state index is 12.9. The standard InChI is InChI=1S/C12H11F2NO/c13-10-5-4-9(6-11(10)14)16-12-3-1-2-8(12)7-15/h4-6,8,12H,1-3H2. The Bertz CT molecular complexity index is 428. The fraction of sp³-hybridized carbons (Fsp3) is 0.417. The van der Waals surface area contributed by atoms with E-state index in [0.717, 1.165) is 31.4 Å². The van der Waals surface area contributed by atoms with Gasteiger partial charge in [-0.3, -0.25) is 0 Å². The van der Waals surface area contributed by atoms with Crippen LogP contribution in [0, 0.1) is 28.9 Å². The van der Waals surface area contributed by atoms with Crippen molar-refractivity contribution in [3.63, 3.8) is 0 Å². The van der Waals surface area contributed by atoms with Crippen LogP contribution in [-0.2, 0) is 0 Å². The Labute approximate surface area is 92.5 Å². The van der Waals surface area contributed by atoms with Crippen LogP contribution in [0.1, 0.15) is 19.3 Å². The fourth-order valence-electron chi connectivity index (χ4n) is 1.94. The molecule has 1 aliphatic carbocycles. The van der Waals surface area contributed by atoms with Crippen molar-refractivity contribution in [3.05, 3.63) is 29.8 Å². The highest BCUT2D eigenvalue weighted by molar-refractivity contribution is 5.24. The third-order valence-corrected chi connectivity index (χ3v) is 2.80. The third-order valence-electron chi connectivity index (χ3n) is 2.80. The van der Waals surface area contributed by atoms with E-state index in [4.69, 9.17) is 10.00 Å². The lowest BCUT2D eigenvalue weighted by Crippen LogP contribution is -2.20. The number of hydrogen-bond acceptors (Lipinski definition) is 2. The average molecular weight is 223 g/mol. The first-order valence-corrected chi connectivity index (χ1v) is 5.22. The largest absolute Gasteiger partial charge is 0.489 e. The minimum Gasteiger partial charge on any atom is -0.489 e. The third kappa shape index (κ3) is 2.13. The molecular formula is C12H11F2NO. The second-order valence-corrected chi connectivity index (χ2v) is 3.90. The van der Waals surface area contributed by atoms with Gasteiger partial charge in [-0.2, -0.15) is 5.26 Å². The van der Waals surface area contributed by atoms with E-state index in [-0.39, 0.29) is 17.8 Å². The van der Waals surface area contributed by atoms with E-state index in [1.165, 1.54) is 6.07 Å². The highest BCUT2D eigenvalue weighted by Crippen LogP contribution is 2.29. The Morgan fingerprint density at radius 1 is 1.25 bits per heavy atom. The van der Waals surface area contributed by atoms with E-state index >= 15 is 0 Å². The topological polar surface area (TPSA) is 33.0 Å². The Hall–Kier alpha value is -1.63. The maximum Gasteiger partial charge on any atom is 0.162 e. The van der Waals surface area contributed by atoms with Crippen LogP contribution in [0.4, 0.5) is 8.78 Å². The SMILES string of the molecule is N#CC1CCCC1Oc1ccc(F)c(F)c1. The first-order chi connectivity index (χ1) is 7.70. The highest BCUT2D eigenvalue weighted by Gasteiger charge is 2.28. The van der Waals surface area contributed by atoms with Crippen molar-refractivity contribution in [3.8, 4) is 11.8 Å². The van der Waals surface area contributed by atoms with Crippen LogP contribution in [0.25, 0.3) is 0 Å². The molecule has 16 heavy (non-hydrogen) atoms. The molecule has 0 aromatic heterocycles. The van der Waals surface area contributed by atoms with E-state index in [0.29, 0.717) is 0 Å². The van der Waals surface area contributed by atoms with Crippen molar-refractivity contribution in [2.24, 2.45) is 5.92 Å². The molecule has 1 aromatic carbocycles. The molecule has 0 radical (unpaired) electrons. The number of halogens is 2. The predicted octanol–water partition coefficient (Wildman–Crippen LogP) is 3.04. The normalized spacial score (nSPS) is 24.1. The molecular weight excluding hydrogens is 212 g/mol. The second kappa shape index (κ2) is 4.48. The summed E-state index contributed by atoms with van der Waals surface area (Å²) in [5.74, 6) is -1.68. The molecule has 1 fully saturated rings. The summed E-state index contributed by atoms with van der Waals surface area (Å²) in [7, 11) is 0. The summed E-state index contributed by atoms with van der Waals surface area (Å²) in [6, 6.07) is 5.59. The Morgan fingerprint density at radius 2 is 2.06 bits per heavy atom. The predicted molar refractivity (Wildman–Crippen MR) is 53.7 cm³/mol. The molecule has 2 atom stereocenters. The fourth-order valence-corrected chi connectivity index (χ4v) is 1.94. The highest BCUT2D eigenvalue weighted by atomic mass is 19.2. The molecule has 1 aromatic rings. The van der Waals surface area contributed by atoms with Crippen molar-refractivity contribution in [2.45, 2.75) is 25.4 Å². The van der Waals surface area contributed by atoms with E-state index < -0.39 is 11.6 Å². The van der Waals surface area contributed by atoms with Crippen LogP contribution in [0.5, 0.6) is 5.75 Å². The molecule has 0 bridgehead atoms. The van der Waals surface area contributed by atoms with Crippen LogP contribution in [0.15, 0.2) is 18.2 Å². The zero-order chi connectivity index (χ0) is 11.5. The lowest BCUT2D eigenvalue weighted by Gasteiger charge is -2.16. The number of nitriles is 1. The van der Waals surface area contributed by atoms with Gasteiger partial charge >= 0.3 is 0 Å². The van der Waals surface area contributed by atoms with Crippen LogP contribution < -0.4 is 4.74 Å². The quantitative estimate of drug-likeness (QED) is 0.772. The molecule has 0 N–H and O–H groups in total. The zero-order valence-corrected chi connectivity index (χ0v) is 8.62. The summed E-state index contributed by atoms with van der Waals surface area (Å²) in [5, 5.41) is 8.85. The molecule has 0 amide bonds. The van der Waals surface area contributed by atoms with Crippen molar-refractivity contribution in [1.29, 1.82) is 5.26 Å². The molecule has 1 aliphatic rings. The minimum absolute atomic E-state index is 0.145. The van der Waals surface area contributed by atoms with Gasteiger partial charge in [-0.15, -0.1) is 0 Å². The van der Waals surface area contributed by atoms with E-state index in [9.17, 15) is 8.78 Å². The first-order valence-electron chi connectivity index (χ1n) is 5.22. The van der Waals surface area contributed by atoms with E-state index in [1.807, 2.05) is 0 Å². The summed E-state index contributed by atoms with van der Waals surface area (Å²) in [4.78, 5) is 0. The van der Waals surface area contributed by atoms with Gasteiger partial charge < -0.3 is 4.74 Å². The summed E-state index contributed by atoms with van der Waals surface area (Å²) < 4.78 is 31.1. The van der Waals surface area contributed by atoms with Gasteiger partial charge in [0.15, 0.2) is 11.6 Å². The van der Waals surface area contributed by atoms with Crippen LogP contribution in [0.3, 0.4) is 0 Å². The van der Waals surface area contributed by atoms with Crippen LogP contribution in [-0.4, -0.2) is 6.10 Å². The smallest absolute Gasteiger partial charge is 0.162 e. The van der Waals surface area contributed by atoms with Gasteiger partial charge in [-0.05, 0) is 31.4 Å². The molecule has 0 spiro atoms. The molecule has 0 saturated heterocycles. The van der Waals surface area contributed by atoms with E-state index in [1.54, 1.807) is 0 Å². The molecule has 1 saturated carbocycles. The zero-order valence-electron chi connectivity index (χ0n) is 8.62. The number of benzene rings is 1. The van der Waals surface area contributed by atoms with Gasteiger partial charge in [-0.1, -0.05) is 0 Å². The lowest BCUT2D eigenvalue weighted by atomic mass is 10.1. The van der Waals surface area contributed by atoms with Gasteiger partial charge in [0.1, 0.15) is 11.9 Å². The number of hydrogen-bond donors (Lipinski definition) is 0. The Kier molecular flexibility index (Phi) is 3.04. The van der Waals surface area contributed by atoms with Crippen LogP contribution >= 0.6 is 0 Å². The second-order valence-electron chi connectivity index (χ2n) is 3.90. The van der Waals surface area contributed by atoms with Crippen molar-refractivity contribution in [2.75, 3.05) is 0 Å². The number of rotatable bonds is 2. The molecule has 2 unspecified atom stereocenters. The monoisotopic (exact) mass is 223 g/mol. The average Bonchev–Trinajstić information content (AvgIpc) is 2.71. The first kappa shape index (κ1) is 10.9. The van der Waals surface area contributed by atoms with Crippen molar-refractivity contribution >= 4 is 0 Å². The summed E-state index contributed by atoms with van der Waals surface area (Å²) >= 11 is 0. The molecule has 0 aliphatic heterocycles. The van der Waals surface area contributed by atoms with Crippen molar-refractivity contribution < 1.29 is 13.5 Å². The molecule has 4 heteroatoms. The number of nitrogens with zero attached hydrogens (tertiary/aromatic N) is 1. The van der Waals surface area contributed by atoms with Gasteiger partial charge in [-0.25, -0.2) is 8.78 Å². The maximum atomic E-state index is 12.9. The lowest BCUT2D eigenvalue weighted by molar-refractivity contribution is 0.181. The minimum atomic E-state index is -0.927. The Morgan fingerprint density at radius 3 is 2.75 bits per heavy atom. The molecule has 84 valence electrons. The van der Waals surface area contributed by atoms with Gasteiger partial charge in [0.05, 0.1) is 12.0 Å². The van der Waals surface area contributed by atoms with Gasteiger partial charge in [0.25, 0.3) is 0 Å². The number of ether oxygens (including phenoxy) is 1. The molecule has 0 heterocycles. The van der Waals surface area contributed by atoms with Gasteiger partial charge in [0, 0.05) is 6.07 Å². The van der Waals surface area contributed by atoms with Gasteiger partial charge in [0.2, 0.25) is 0 Å². The summed E-state index contributed by atoms with van der Waals surface area (Å²) in [5.41, 5.74) is 0. The van der Waals surface area contributed by atoms with E-state index in [2.05, 4.69) is 6.07 Å². The molecule has 2 nitrogen and oxygen atoms in total. The summed E-state index contributed by atoms with van der Waals surface area (Å²) in [6.07, 6.45) is 2.34. The Balaban J connectivity index is 2.09. The van der Waals surface area contributed by atoms with Crippen molar-refractivity contribution in [1.82, 2.24) is 0 Å².